The Morgan fingerprint density at radius 3 is 2.67 bits per heavy atom. The van der Waals surface area contributed by atoms with Crippen molar-refractivity contribution in [3.63, 3.8) is 0 Å². The molecule has 0 saturated heterocycles. The highest BCUT2D eigenvalue weighted by Gasteiger charge is 2.19. The molecule has 148 valence electrons. The Bertz CT molecular complexity index is 1250. The van der Waals surface area contributed by atoms with Crippen LogP contribution in [0.3, 0.4) is 0 Å². The summed E-state index contributed by atoms with van der Waals surface area (Å²) in [5, 5.41) is 5.14. The summed E-state index contributed by atoms with van der Waals surface area (Å²) in [4.78, 5) is 28.8. The molecule has 0 aliphatic carbocycles. The number of nitrogens with one attached hydrogen (secondary N) is 1. The van der Waals surface area contributed by atoms with Gasteiger partial charge in [0.15, 0.2) is 0 Å². The van der Waals surface area contributed by atoms with Crippen molar-refractivity contribution in [1.82, 2.24) is 10.4 Å². The lowest BCUT2D eigenvalue weighted by molar-refractivity contribution is 0.0740. The minimum Gasteiger partial charge on any atom is -0.422 e. The summed E-state index contributed by atoms with van der Waals surface area (Å²) in [5.74, 6) is -0.533. The van der Waals surface area contributed by atoms with Crippen LogP contribution in [0.1, 0.15) is 25.6 Å². The first-order valence-electron chi connectivity index (χ1n) is 8.84. The number of amides is 1. The minimum absolute atomic E-state index is 0.345. The van der Waals surface area contributed by atoms with E-state index in [9.17, 15) is 9.59 Å². The summed E-state index contributed by atoms with van der Waals surface area (Å²) in [6.07, 6.45) is 4.52. The number of esters is 1. The van der Waals surface area contributed by atoms with Crippen molar-refractivity contribution in [3.05, 3.63) is 94.1 Å². The minimum atomic E-state index is -0.527. The zero-order valence-corrected chi connectivity index (χ0v) is 17.0. The maximum absolute atomic E-state index is 12.6. The number of pyridine rings is 1. The summed E-state index contributed by atoms with van der Waals surface area (Å²) in [5.41, 5.74) is 3.53. The van der Waals surface area contributed by atoms with Crippen molar-refractivity contribution < 1.29 is 14.3 Å². The third kappa shape index (κ3) is 4.37. The Kier molecular flexibility index (Phi) is 5.83. The van der Waals surface area contributed by atoms with Gasteiger partial charge >= 0.3 is 5.97 Å². The monoisotopic (exact) mass is 435 g/mol. The Morgan fingerprint density at radius 1 is 1.07 bits per heavy atom. The summed E-state index contributed by atoms with van der Waals surface area (Å²) in [6.45, 7) is 0. The van der Waals surface area contributed by atoms with Gasteiger partial charge in [0, 0.05) is 28.0 Å². The molecular formula is C22H14ClN3O3S. The summed E-state index contributed by atoms with van der Waals surface area (Å²) in [6, 6.07) is 17.5. The van der Waals surface area contributed by atoms with Crippen LogP contribution < -0.4 is 10.2 Å². The molecule has 0 unspecified atom stereocenters. The van der Waals surface area contributed by atoms with Crippen molar-refractivity contribution in [1.29, 1.82) is 0 Å². The summed E-state index contributed by atoms with van der Waals surface area (Å²) < 4.78 is 6.40. The third-order valence-electron chi connectivity index (χ3n) is 4.11. The summed E-state index contributed by atoms with van der Waals surface area (Å²) >= 11 is 7.63. The van der Waals surface area contributed by atoms with Gasteiger partial charge in [-0.15, -0.1) is 11.3 Å². The van der Waals surface area contributed by atoms with E-state index in [0.29, 0.717) is 26.8 Å². The molecule has 0 saturated carbocycles. The van der Waals surface area contributed by atoms with Crippen LogP contribution in [0, 0.1) is 0 Å². The van der Waals surface area contributed by atoms with Gasteiger partial charge in [-0.25, -0.2) is 10.2 Å². The number of thiophene rings is 1. The van der Waals surface area contributed by atoms with Crippen molar-refractivity contribution in [2.45, 2.75) is 0 Å². The second-order valence-corrected chi connectivity index (χ2v) is 7.57. The molecule has 0 aliphatic rings. The molecule has 4 aromatic rings. The molecule has 0 fully saturated rings. The molecule has 0 aliphatic heterocycles. The molecule has 8 heteroatoms. The molecule has 1 amide bonds. The molecule has 2 heterocycles. The molecule has 6 nitrogen and oxygen atoms in total. The standard InChI is InChI=1S/C22H14ClN3O3S/c23-19-17-6-1-2-7-18(17)30-20(19)22(28)29-16-5-3-4-14(12-16)13-25-26-21(27)15-8-10-24-11-9-15/h1-13H,(H,26,27)/b25-13-. The number of hydrogen-bond acceptors (Lipinski definition) is 6. The zero-order chi connectivity index (χ0) is 20.9. The number of rotatable bonds is 5. The molecular weight excluding hydrogens is 422 g/mol. The molecule has 0 radical (unpaired) electrons. The van der Waals surface area contributed by atoms with Crippen LogP contribution in [0.25, 0.3) is 10.1 Å². The van der Waals surface area contributed by atoms with Crippen molar-refractivity contribution in [3.8, 4) is 5.75 Å². The average Bonchev–Trinajstić information content (AvgIpc) is 3.11. The van der Waals surface area contributed by atoms with E-state index in [1.54, 1.807) is 36.4 Å². The van der Waals surface area contributed by atoms with Gasteiger partial charge in [0.2, 0.25) is 0 Å². The number of carbonyl (C=O) groups is 2. The van der Waals surface area contributed by atoms with Crippen LogP contribution in [0.15, 0.2) is 78.2 Å². The summed E-state index contributed by atoms with van der Waals surface area (Å²) in [7, 11) is 0. The molecule has 2 aromatic carbocycles. The maximum atomic E-state index is 12.6. The highest BCUT2D eigenvalue weighted by atomic mass is 35.5. The highest BCUT2D eigenvalue weighted by Crippen LogP contribution is 2.35. The van der Waals surface area contributed by atoms with E-state index in [1.807, 2.05) is 24.3 Å². The highest BCUT2D eigenvalue weighted by molar-refractivity contribution is 7.21. The van der Waals surface area contributed by atoms with E-state index in [2.05, 4.69) is 15.5 Å². The van der Waals surface area contributed by atoms with E-state index >= 15 is 0 Å². The van der Waals surface area contributed by atoms with Crippen molar-refractivity contribution in [2.24, 2.45) is 5.10 Å². The number of carbonyl (C=O) groups excluding carboxylic acids is 2. The molecule has 4 rings (SSSR count). The third-order valence-corrected chi connectivity index (χ3v) is 5.77. The van der Waals surface area contributed by atoms with E-state index in [0.717, 1.165) is 10.1 Å². The van der Waals surface area contributed by atoms with Crippen LogP contribution in [0.2, 0.25) is 5.02 Å². The number of benzene rings is 2. The zero-order valence-electron chi connectivity index (χ0n) is 15.4. The molecule has 0 bridgehead atoms. The lowest BCUT2D eigenvalue weighted by Gasteiger charge is -2.04. The van der Waals surface area contributed by atoms with Gasteiger partial charge in [-0.05, 0) is 35.9 Å². The van der Waals surface area contributed by atoms with E-state index in [1.165, 1.54) is 29.9 Å². The fourth-order valence-electron chi connectivity index (χ4n) is 2.69. The molecule has 2 aromatic heterocycles. The largest absolute Gasteiger partial charge is 0.422 e. The first-order chi connectivity index (χ1) is 14.6. The van der Waals surface area contributed by atoms with Crippen LogP contribution in [-0.2, 0) is 0 Å². The molecule has 0 spiro atoms. The normalized spacial score (nSPS) is 11.0. The topological polar surface area (TPSA) is 80.6 Å². The fraction of sp³-hybridized carbons (Fsp3) is 0. The number of fused-ring (bicyclic) bond motifs is 1. The number of ether oxygens (including phenoxy) is 1. The van der Waals surface area contributed by atoms with Crippen molar-refractivity contribution >= 4 is 51.1 Å². The second kappa shape index (κ2) is 8.86. The molecule has 1 N–H and O–H groups in total. The maximum Gasteiger partial charge on any atom is 0.355 e. The Labute approximate surface area is 180 Å². The van der Waals surface area contributed by atoms with Gasteiger partial charge in [0.25, 0.3) is 5.91 Å². The van der Waals surface area contributed by atoms with E-state index < -0.39 is 5.97 Å². The lowest BCUT2D eigenvalue weighted by Crippen LogP contribution is -2.17. The van der Waals surface area contributed by atoms with Gasteiger partial charge in [-0.3, -0.25) is 9.78 Å². The van der Waals surface area contributed by atoms with E-state index in [-0.39, 0.29) is 5.91 Å². The SMILES string of the molecule is O=C(N/N=C\c1cccc(OC(=O)c2sc3ccccc3c2Cl)c1)c1ccncc1. The number of aromatic nitrogens is 1. The lowest BCUT2D eigenvalue weighted by atomic mass is 10.2. The predicted octanol–water partition coefficient (Wildman–Crippen LogP) is 4.93. The first kappa shape index (κ1) is 19.8. The van der Waals surface area contributed by atoms with Crippen LogP contribution >= 0.6 is 22.9 Å². The number of hydrogen-bond donors (Lipinski definition) is 1. The van der Waals surface area contributed by atoms with Gasteiger partial charge < -0.3 is 4.74 Å². The quantitative estimate of drug-likeness (QED) is 0.208. The Balaban J connectivity index is 1.44. The van der Waals surface area contributed by atoms with Gasteiger partial charge in [0.1, 0.15) is 10.6 Å². The average molecular weight is 436 g/mol. The predicted molar refractivity (Wildman–Crippen MR) is 118 cm³/mol. The fourth-order valence-corrected chi connectivity index (χ4v) is 4.08. The second-order valence-electron chi connectivity index (χ2n) is 6.14. The smallest absolute Gasteiger partial charge is 0.355 e. The van der Waals surface area contributed by atoms with Gasteiger partial charge in [-0.2, -0.15) is 5.10 Å². The number of halogens is 1. The number of hydrazone groups is 1. The van der Waals surface area contributed by atoms with Crippen LogP contribution in [-0.4, -0.2) is 23.1 Å². The van der Waals surface area contributed by atoms with E-state index in [4.69, 9.17) is 16.3 Å². The number of nitrogens with zero attached hydrogens (tertiary/aromatic N) is 2. The molecule has 0 atom stereocenters. The first-order valence-corrected chi connectivity index (χ1v) is 10.0. The van der Waals surface area contributed by atoms with Gasteiger partial charge in [0.05, 0.1) is 11.2 Å². The van der Waals surface area contributed by atoms with Crippen LogP contribution in [0.5, 0.6) is 5.75 Å². The Hall–Kier alpha value is -3.55. The van der Waals surface area contributed by atoms with Gasteiger partial charge in [-0.1, -0.05) is 41.9 Å². The van der Waals surface area contributed by atoms with Crippen LogP contribution in [0.4, 0.5) is 0 Å². The Morgan fingerprint density at radius 2 is 1.87 bits per heavy atom. The van der Waals surface area contributed by atoms with Crippen molar-refractivity contribution in [2.75, 3.05) is 0 Å². The molecule has 30 heavy (non-hydrogen) atoms.